The fraction of sp³-hybridized carbons (Fsp3) is 0.750. The lowest BCUT2D eigenvalue weighted by atomic mass is 10.2. The van der Waals surface area contributed by atoms with Crippen molar-refractivity contribution < 1.29 is 18.7 Å². The lowest BCUT2D eigenvalue weighted by Crippen LogP contribution is -2.36. The zero-order valence-electron chi connectivity index (χ0n) is 4.71. The van der Waals surface area contributed by atoms with E-state index >= 15 is 0 Å². The van der Waals surface area contributed by atoms with Gasteiger partial charge in [-0.2, -0.15) is 21.4 Å². The minimum absolute atomic E-state index is 1.16. The summed E-state index contributed by atoms with van der Waals surface area (Å²) < 4.78 is 24.5. The summed E-state index contributed by atoms with van der Waals surface area (Å²) in [5, 5.41) is 9.20. The van der Waals surface area contributed by atoms with E-state index in [0.29, 0.717) is 0 Å². The van der Waals surface area contributed by atoms with E-state index in [1.807, 2.05) is 0 Å². The Bertz CT molecular complexity index is 175. The third-order valence-corrected chi connectivity index (χ3v) is 1.66. The molecule has 0 aliphatic carbocycles. The predicted molar refractivity (Wildman–Crippen MR) is 31.9 cm³/mol. The smallest absolute Gasteiger partial charge is 0.352 e. The van der Waals surface area contributed by atoms with Gasteiger partial charge in [0.05, 0.1) is 0 Å². The van der Waals surface area contributed by atoms with Gasteiger partial charge in [0.1, 0.15) is 5.37 Å². The summed E-state index contributed by atoms with van der Waals surface area (Å²) in [5.74, 6) is -5.16. The number of amides is 1. The van der Waals surface area contributed by atoms with Crippen LogP contribution in [0.15, 0.2) is 0 Å². The van der Waals surface area contributed by atoms with Crippen molar-refractivity contribution in [3.63, 3.8) is 0 Å². The van der Waals surface area contributed by atoms with E-state index in [4.69, 9.17) is 5.11 Å². The fourth-order valence-corrected chi connectivity index (χ4v) is 0.947. The summed E-state index contributed by atoms with van der Waals surface area (Å²) in [6.45, 7) is 0. The van der Waals surface area contributed by atoms with E-state index < -0.39 is 23.3 Å². The number of rotatable bonds is 0. The first-order valence-electron chi connectivity index (χ1n) is 2.51. The summed E-state index contributed by atoms with van der Waals surface area (Å²) in [6.07, 6.45) is -2.02. The first kappa shape index (κ1) is 7.74. The summed E-state index contributed by atoms with van der Waals surface area (Å²) in [7, 11) is 0. The van der Waals surface area contributed by atoms with Gasteiger partial charge in [-0.05, 0) is 0 Å². The number of halogens is 2. The fourth-order valence-electron chi connectivity index (χ4n) is 0.642. The zero-order valence-corrected chi connectivity index (χ0v) is 5.61. The Kier molecular flexibility index (Phi) is 1.60. The summed E-state index contributed by atoms with van der Waals surface area (Å²) in [6, 6.07) is 0. The van der Waals surface area contributed by atoms with Crippen LogP contribution in [0.25, 0.3) is 0 Å². The molecule has 0 unspecified atom stereocenters. The molecule has 3 nitrogen and oxygen atoms in total. The maximum absolute atomic E-state index is 12.3. The number of aliphatic hydroxyl groups is 1. The van der Waals surface area contributed by atoms with Crippen LogP contribution in [0.4, 0.5) is 8.78 Å². The molecule has 0 aromatic carbocycles. The third-order valence-electron chi connectivity index (χ3n) is 1.25. The number of carbonyl (C=O) groups excluding carboxylic acids is 1. The molecule has 6 heteroatoms. The van der Waals surface area contributed by atoms with Crippen LogP contribution in [-0.4, -0.2) is 28.4 Å². The van der Waals surface area contributed by atoms with Crippen molar-refractivity contribution in [1.29, 1.82) is 0 Å². The number of alkyl halides is 2. The molecular weight excluding hydrogens is 164 g/mol. The number of carbonyl (C=O) groups is 1. The topological polar surface area (TPSA) is 49.3 Å². The van der Waals surface area contributed by atoms with Crippen LogP contribution in [-0.2, 0) is 4.79 Å². The van der Waals surface area contributed by atoms with Gasteiger partial charge in [0.15, 0.2) is 6.10 Å². The molecule has 0 spiro atoms. The van der Waals surface area contributed by atoms with Crippen molar-refractivity contribution in [2.24, 2.45) is 0 Å². The third kappa shape index (κ3) is 0.873. The zero-order chi connectivity index (χ0) is 7.94. The van der Waals surface area contributed by atoms with E-state index in [-0.39, 0.29) is 0 Å². The van der Waals surface area contributed by atoms with Crippen molar-refractivity contribution >= 4 is 18.5 Å². The predicted octanol–water partition coefficient (Wildman–Crippen LogP) is -0.632. The molecule has 0 radical (unpaired) electrons. The first-order valence-corrected chi connectivity index (χ1v) is 3.03. The van der Waals surface area contributed by atoms with Gasteiger partial charge in [-0.1, -0.05) is 0 Å². The average Bonchev–Trinajstić information content (AvgIpc) is 1.97. The molecule has 0 saturated carbocycles. The summed E-state index contributed by atoms with van der Waals surface area (Å²) >= 11 is 3.50. The van der Waals surface area contributed by atoms with Crippen LogP contribution in [0.1, 0.15) is 0 Å². The Labute approximate surface area is 60.8 Å². The normalized spacial score (nSPS) is 37.8. The summed E-state index contributed by atoms with van der Waals surface area (Å²) in [5.41, 5.74) is 0. The number of hydrogen-bond donors (Lipinski definition) is 3. The molecule has 1 aliphatic heterocycles. The van der Waals surface area contributed by atoms with Gasteiger partial charge in [0.25, 0.3) is 5.91 Å². The van der Waals surface area contributed by atoms with Crippen LogP contribution in [0.2, 0.25) is 0 Å². The minimum atomic E-state index is -3.69. The quantitative estimate of drug-likeness (QED) is 0.423. The standard InChI is InChI=1S/C4H5F2NO2S/c5-4(6)1(8)2(10)7-3(4)9/h1-2,8,10H,(H,7,9)/t1-,2-/m0/s1. The van der Waals surface area contributed by atoms with Crippen molar-refractivity contribution in [2.75, 3.05) is 0 Å². The van der Waals surface area contributed by atoms with Gasteiger partial charge in [-0.15, -0.1) is 0 Å². The highest BCUT2D eigenvalue weighted by molar-refractivity contribution is 7.81. The number of thiol groups is 1. The lowest BCUT2D eigenvalue weighted by molar-refractivity contribution is -0.150. The van der Waals surface area contributed by atoms with Crippen molar-refractivity contribution in [2.45, 2.75) is 17.4 Å². The van der Waals surface area contributed by atoms with Gasteiger partial charge >= 0.3 is 5.92 Å². The van der Waals surface area contributed by atoms with Crippen LogP contribution in [0, 0.1) is 0 Å². The first-order chi connectivity index (χ1) is 4.46. The number of aliphatic hydroxyl groups excluding tert-OH is 1. The molecule has 2 N–H and O–H groups in total. The van der Waals surface area contributed by atoms with Crippen LogP contribution in [0.5, 0.6) is 0 Å². The van der Waals surface area contributed by atoms with Crippen LogP contribution in [0.3, 0.4) is 0 Å². The Morgan fingerprint density at radius 2 is 2.20 bits per heavy atom. The summed E-state index contributed by atoms with van der Waals surface area (Å²) in [4.78, 5) is 10.2. The highest BCUT2D eigenvalue weighted by atomic mass is 32.1. The molecule has 2 atom stereocenters. The Hall–Kier alpha value is -0.360. The van der Waals surface area contributed by atoms with E-state index in [1.165, 1.54) is 0 Å². The molecule has 0 aromatic rings. The van der Waals surface area contributed by atoms with Crippen LogP contribution >= 0.6 is 12.6 Å². The maximum Gasteiger partial charge on any atom is 0.352 e. The van der Waals surface area contributed by atoms with Crippen molar-refractivity contribution in [1.82, 2.24) is 5.32 Å². The molecule has 1 saturated heterocycles. The molecule has 0 aromatic heterocycles. The van der Waals surface area contributed by atoms with E-state index in [2.05, 4.69) is 12.6 Å². The monoisotopic (exact) mass is 169 g/mol. The molecule has 0 bridgehead atoms. The molecule has 1 heterocycles. The molecule has 10 heavy (non-hydrogen) atoms. The minimum Gasteiger partial charge on any atom is -0.383 e. The number of nitrogens with one attached hydrogen (secondary N) is 1. The highest BCUT2D eigenvalue weighted by Gasteiger charge is 2.55. The second-order valence-electron chi connectivity index (χ2n) is 1.99. The molecule has 1 aliphatic rings. The Morgan fingerprint density at radius 3 is 2.30 bits per heavy atom. The maximum atomic E-state index is 12.3. The molecule has 58 valence electrons. The number of hydrogen-bond acceptors (Lipinski definition) is 3. The van der Waals surface area contributed by atoms with Gasteiger partial charge in [0, 0.05) is 0 Å². The van der Waals surface area contributed by atoms with Crippen LogP contribution < -0.4 is 5.32 Å². The Balaban J connectivity index is 2.85. The molecular formula is C4H5F2NO2S. The average molecular weight is 169 g/mol. The van der Waals surface area contributed by atoms with Crippen molar-refractivity contribution in [3.8, 4) is 0 Å². The second kappa shape index (κ2) is 2.06. The van der Waals surface area contributed by atoms with Gasteiger partial charge < -0.3 is 10.4 Å². The van der Waals surface area contributed by atoms with Crippen molar-refractivity contribution in [3.05, 3.63) is 0 Å². The van der Waals surface area contributed by atoms with E-state index in [1.54, 1.807) is 5.32 Å². The second-order valence-corrected chi connectivity index (χ2v) is 2.54. The molecule has 1 rings (SSSR count). The van der Waals surface area contributed by atoms with E-state index in [0.717, 1.165) is 0 Å². The largest absolute Gasteiger partial charge is 0.383 e. The van der Waals surface area contributed by atoms with E-state index in [9.17, 15) is 13.6 Å². The highest BCUT2D eigenvalue weighted by Crippen LogP contribution is 2.28. The molecule has 1 amide bonds. The lowest BCUT2D eigenvalue weighted by Gasteiger charge is -2.10. The van der Waals surface area contributed by atoms with Gasteiger partial charge in [-0.3, -0.25) is 4.79 Å². The van der Waals surface area contributed by atoms with Gasteiger partial charge in [-0.25, -0.2) is 0 Å². The Morgan fingerprint density at radius 1 is 1.70 bits per heavy atom. The van der Waals surface area contributed by atoms with Gasteiger partial charge in [0.2, 0.25) is 0 Å². The SMILES string of the molecule is O=C1N[C@@H](S)[C@H](O)C1(F)F. The molecule has 1 fully saturated rings.